The minimum absolute atomic E-state index is 0.503. The molecule has 0 spiro atoms. The van der Waals surface area contributed by atoms with Crippen LogP contribution in [0.2, 0.25) is 0 Å². The van der Waals surface area contributed by atoms with Gasteiger partial charge in [0.15, 0.2) is 0 Å². The Hall–Kier alpha value is -1.39. The minimum Gasteiger partial charge on any atom is -0.207 e. The first-order valence-electron chi connectivity index (χ1n) is 3.53. The van der Waals surface area contributed by atoms with Crippen molar-refractivity contribution < 1.29 is 13.2 Å². The molecule has 1 aromatic rings. The molecule has 1 unspecified atom stereocenters. The highest BCUT2D eigenvalue weighted by molar-refractivity contribution is 5.23. The third-order valence-electron chi connectivity index (χ3n) is 1.62. The maximum atomic E-state index is 12.9. The van der Waals surface area contributed by atoms with E-state index in [2.05, 4.69) is 5.18 Å². The van der Waals surface area contributed by atoms with Crippen LogP contribution in [0.5, 0.6) is 0 Å². The van der Waals surface area contributed by atoms with Gasteiger partial charge in [-0.1, -0.05) is 5.18 Å². The summed E-state index contributed by atoms with van der Waals surface area (Å²) in [5.41, 5.74) is -0.503. The SMILES string of the molecule is CC(N=O)c1c(F)cc(F)cc1F. The molecule has 1 aromatic carbocycles. The first kappa shape index (κ1) is 9.70. The molecule has 0 saturated heterocycles. The highest BCUT2D eigenvalue weighted by atomic mass is 19.1. The second kappa shape index (κ2) is 3.55. The van der Waals surface area contributed by atoms with Gasteiger partial charge in [-0.05, 0) is 6.92 Å². The molecule has 0 aromatic heterocycles. The van der Waals surface area contributed by atoms with Crippen LogP contribution in [0.4, 0.5) is 13.2 Å². The van der Waals surface area contributed by atoms with E-state index in [0.717, 1.165) is 0 Å². The summed E-state index contributed by atoms with van der Waals surface area (Å²) in [5, 5.41) is 2.46. The Morgan fingerprint density at radius 1 is 1.23 bits per heavy atom. The fourth-order valence-electron chi connectivity index (χ4n) is 1.01. The summed E-state index contributed by atoms with van der Waals surface area (Å²) < 4.78 is 38.1. The Bertz CT molecular complexity index is 317. The van der Waals surface area contributed by atoms with Crippen molar-refractivity contribution in [3.05, 3.63) is 40.1 Å². The molecule has 0 saturated carbocycles. The fourth-order valence-corrected chi connectivity index (χ4v) is 1.01. The molecular formula is C8H6F3NO. The highest BCUT2D eigenvalue weighted by Crippen LogP contribution is 2.23. The van der Waals surface area contributed by atoms with Gasteiger partial charge in [-0.2, -0.15) is 4.91 Å². The molecule has 0 bridgehead atoms. The molecule has 5 heteroatoms. The van der Waals surface area contributed by atoms with Crippen LogP contribution in [0, 0.1) is 22.4 Å². The second-order valence-electron chi connectivity index (χ2n) is 2.56. The largest absolute Gasteiger partial charge is 0.207 e. The zero-order valence-electron chi connectivity index (χ0n) is 6.72. The first-order valence-corrected chi connectivity index (χ1v) is 3.53. The third-order valence-corrected chi connectivity index (χ3v) is 1.62. The molecule has 0 heterocycles. The Morgan fingerprint density at radius 3 is 2.08 bits per heavy atom. The zero-order valence-corrected chi connectivity index (χ0v) is 6.72. The van der Waals surface area contributed by atoms with Gasteiger partial charge in [0, 0.05) is 12.1 Å². The summed E-state index contributed by atoms with van der Waals surface area (Å²) >= 11 is 0. The molecule has 0 radical (unpaired) electrons. The number of halogens is 3. The third kappa shape index (κ3) is 1.85. The molecule has 2 nitrogen and oxygen atoms in total. The number of benzene rings is 1. The maximum Gasteiger partial charge on any atom is 0.134 e. The summed E-state index contributed by atoms with van der Waals surface area (Å²) in [6.45, 7) is 1.23. The molecule has 0 amide bonds. The fraction of sp³-hybridized carbons (Fsp3) is 0.250. The minimum atomic E-state index is -1.15. The number of hydrogen-bond donors (Lipinski definition) is 0. The van der Waals surface area contributed by atoms with Crippen molar-refractivity contribution in [1.29, 1.82) is 0 Å². The quantitative estimate of drug-likeness (QED) is 0.657. The maximum absolute atomic E-state index is 12.9. The van der Waals surface area contributed by atoms with Crippen LogP contribution in [0.1, 0.15) is 18.5 Å². The van der Waals surface area contributed by atoms with Crippen molar-refractivity contribution in [3.8, 4) is 0 Å². The van der Waals surface area contributed by atoms with Crippen molar-refractivity contribution in [2.45, 2.75) is 13.0 Å². The van der Waals surface area contributed by atoms with E-state index in [9.17, 15) is 18.1 Å². The van der Waals surface area contributed by atoms with Gasteiger partial charge in [0.05, 0.1) is 5.56 Å². The van der Waals surface area contributed by atoms with Crippen molar-refractivity contribution in [3.63, 3.8) is 0 Å². The Kier molecular flexibility index (Phi) is 2.65. The summed E-state index contributed by atoms with van der Waals surface area (Å²) in [5.74, 6) is -3.20. The summed E-state index contributed by atoms with van der Waals surface area (Å²) in [6, 6.07) is -0.124. The first-order chi connectivity index (χ1) is 6.06. The average molecular weight is 189 g/mol. The van der Waals surface area contributed by atoms with Crippen LogP contribution in [0.25, 0.3) is 0 Å². The van der Waals surface area contributed by atoms with Gasteiger partial charge in [-0.3, -0.25) is 0 Å². The van der Waals surface area contributed by atoms with Gasteiger partial charge in [0.25, 0.3) is 0 Å². The van der Waals surface area contributed by atoms with Crippen LogP contribution in [-0.2, 0) is 0 Å². The van der Waals surface area contributed by atoms with E-state index in [1.54, 1.807) is 0 Å². The topological polar surface area (TPSA) is 29.4 Å². The number of rotatable bonds is 2. The molecule has 1 rings (SSSR count). The van der Waals surface area contributed by atoms with Gasteiger partial charge < -0.3 is 0 Å². The Balaban J connectivity index is 3.28. The molecule has 0 aliphatic rings. The van der Waals surface area contributed by atoms with Crippen molar-refractivity contribution in [2.75, 3.05) is 0 Å². The van der Waals surface area contributed by atoms with E-state index >= 15 is 0 Å². The van der Waals surface area contributed by atoms with Gasteiger partial charge in [0.1, 0.15) is 23.5 Å². The lowest BCUT2D eigenvalue weighted by atomic mass is 10.1. The lowest BCUT2D eigenvalue weighted by Crippen LogP contribution is -1.99. The van der Waals surface area contributed by atoms with Gasteiger partial charge in [0.2, 0.25) is 0 Å². The van der Waals surface area contributed by atoms with E-state index in [1.165, 1.54) is 6.92 Å². The highest BCUT2D eigenvalue weighted by Gasteiger charge is 2.17. The van der Waals surface area contributed by atoms with Crippen molar-refractivity contribution in [1.82, 2.24) is 0 Å². The van der Waals surface area contributed by atoms with E-state index in [4.69, 9.17) is 0 Å². The lowest BCUT2D eigenvalue weighted by molar-refractivity contribution is 0.510. The van der Waals surface area contributed by atoms with Crippen molar-refractivity contribution >= 4 is 0 Å². The van der Waals surface area contributed by atoms with E-state index < -0.39 is 29.1 Å². The molecule has 0 aliphatic carbocycles. The van der Waals surface area contributed by atoms with Crippen LogP contribution in [0.15, 0.2) is 17.3 Å². The second-order valence-corrected chi connectivity index (χ2v) is 2.56. The van der Waals surface area contributed by atoms with Crippen LogP contribution in [-0.4, -0.2) is 0 Å². The summed E-state index contributed by atoms with van der Waals surface area (Å²) in [7, 11) is 0. The van der Waals surface area contributed by atoms with Crippen LogP contribution < -0.4 is 0 Å². The van der Waals surface area contributed by atoms with Crippen LogP contribution in [0.3, 0.4) is 0 Å². The molecule has 1 atom stereocenters. The summed E-state index contributed by atoms with van der Waals surface area (Å²) in [4.78, 5) is 10.0. The van der Waals surface area contributed by atoms with Gasteiger partial charge in [-0.25, -0.2) is 13.2 Å². The molecule has 13 heavy (non-hydrogen) atoms. The smallest absolute Gasteiger partial charge is 0.134 e. The van der Waals surface area contributed by atoms with Crippen molar-refractivity contribution in [2.24, 2.45) is 5.18 Å². The molecular weight excluding hydrogens is 183 g/mol. The molecule has 0 aliphatic heterocycles. The van der Waals surface area contributed by atoms with Gasteiger partial charge >= 0.3 is 0 Å². The summed E-state index contributed by atoms with van der Waals surface area (Å²) in [6.07, 6.45) is 0. The number of nitroso groups, excluding NO2 is 1. The lowest BCUT2D eigenvalue weighted by Gasteiger charge is -2.05. The normalized spacial score (nSPS) is 12.6. The predicted molar refractivity (Wildman–Crippen MR) is 40.5 cm³/mol. The van der Waals surface area contributed by atoms with E-state index in [-0.39, 0.29) is 0 Å². The predicted octanol–water partition coefficient (Wildman–Crippen LogP) is 2.93. The van der Waals surface area contributed by atoms with E-state index in [1.807, 2.05) is 0 Å². The van der Waals surface area contributed by atoms with Crippen LogP contribution >= 0.6 is 0 Å². The monoisotopic (exact) mass is 189 g/mol. The Labute approximate surface area is 72.4 Å². The average Bonchev–Trinajstić information content (AvgIpc) is 2.02. The molecule has 70 valence electrons. The Morgan fingerprint density at radius 2 is 1.69 bits per heavy atom. The zero-order chi connectivity index (χ0) is 10.0. The molecule has 0 fully saturated rings. The van der Waals surface area contributed by atoms with E-state index in [0.29, 0.717) is 12.1 Å². The standard InChI is InChI=1S/C8H6F3NO/c1-4(12-13)8-6(10)2-5(9)3-7(8)11/h2-4H,1H3. The number of nitrogens with zero attached hydrogens (tertiary/aromatic N) is 1. The molecule has 0 N–H and O–H groups in total. The van der Waals surface area contributed by atoms with Gasteiger partial charge in [-0.15, -0.1) is 0 Å². The number of hydrogen-bond acceptors (Lipinski definition) is 2.